The summed E-state index contributed by atoms with van der Waals surface area (Å²) >= 11 is 0. The minimum Gasteiger partial charge on any atom is -0.362 e. The van der Waals surface area contributed by atoms with Crippen molar-refractivity contribution in [3.8, 4) is 11.8 Å². The van der Waals surface area contributed by atoms with Gasteiger partial charge in [0, 0.05) is 36.3 Å². The van der Waals surface area contributed by atoms with Gasteiger partial charge in [-0.15, -0.1) is 0 Å². The zero-order chi connectivity index (χ0) is 17.4. The van der Waals surface area contributed by atoms with Crippen LogP contribution in [0.1, 0.15) is 12.5 Å². The summed E-state index contributed by atoms with van der Waals surface area (Å²) < 4.78 is 13.1. The maximum Gasteiger partial charge on any atom is 0.132 e. The van der Waals surface area contributed by atoms with Gasteiger partial charge < -0.3 is 16.0 Å². The monoisotopic (exact) mass is 322 g/mol. The predicted octanol–water partition coefficient (Wildman–Crippen LogP) is 3.41. The molecule has 0 spiro atoms. The fraction of sp³-hybridized carbons (Fsp3) is 0.158. The normalized spacial score (nSPS) is 18.0. The summed E-state index contributed by atoms with van der Waals surface area (Å²) in [5, 5.41) is 13.0. The van der Waals surface area contributed by atoms with Gasteiger partial charge in [-0.05, 0) is 55.3 Å². The first-order valence-corrected chi connectivity index (χ1v) is 7.48. The van der Waals surface area contributed by atoms with E-state index >= 15 is 0 Å². The largest absolute Gasteiger partial charge is 0.362 e. The molecule has 4 nitrogen and oxygen atoms in total. The van der Waals surface area contributed by atoms with Crippen LogP contribution in [-0.4, -0.2) is 25.3 Å². The number of rotatable bonds is 4. The number of anilines is 1. The summed E-state index contributed by atoms with van der Waals surface area (Å²) in [4.78, 5) is 4.09. The van der Waals surface area contributed by atoms with Crippen molar-refractivity contribution in [2.75, 3.05) is 12.4 Å². The lowest BCUT2D eigenvalue weighted by molar-refractivity contribution is 0.430. The maximum absolute atomic E-state index is 13.1. The van der Waals surface area contributed by atoms with E-state index in [2.05, 4.69) is 27.5 Å². The number of halogens is 1. The molecule has 0 fully saturated rings. The lowest BCUT2D eigenvalue weighted by atomic mass is 10.2. The van der Waals surface area contributed by atoms with Crippen LogP contribution in [0, 0.1) is 17.3 Å². The van der Waals surface area contributed by atoms with Crippen molar-refractivity contribution in [2.45, 2.75) is 13.1 Å². The van der Waals surface area contributed by atoms with Crippen LogP contribution in [0.4, 0.5) is 10.1 Å². The van der Waals surface area contributed by atoms with E-state index in [0.29, 0.717) is 17.1 Å². The van der Waals surface area contributed by atoms with Gasteiger partial charge in [0.15, 0.2) is 0 Å². The quantitative estimate of drug-likeness (QED) is 0.588. The molecule has 24 heavy (non-hydrogen) atoms. The predicted molar refractivity (Wildman–Crippen MR) is 98.1 cm³/mol. The van der Waals surface area contributed by atoms with Crippen molar-refractivity contribution in [3.05, 3.63) is 65.5 Å². The molecular formula is C19H19FN4. The third kappa shape index (κ3) is 4.96. The van der Waals surface area contributed by atoms with Gasteiger partial charge in [0.2, 0.25) is 0 Å². The highest BCUT2D eigenvalue weighted by molar-refractivity contribution is 6.05. The van der Waals surface area contributed by atoms with Crippen LogP contribution in [-0.2, 0) is 0 Å². The van der Waals surface area contributed by atoms with Crippen LogP contribution < -0.4 is 10.6 Å². The number of nitrogens with zero attached hydrogens (tertiary/aromatic N) is 1. The molecule has 3 N–H and O–H groups in total. The Morgan fingerprint density at radius 1 is 1.29 bits per heavy atom. The molecule has 1 unspecified atom stereocenters. The molecule has 0 aliphatic carbocycles. The smallest absolute Gasteiger partial charge is 0.132 e. The number of amidine groups is 1. The van der Waals surface area contributed by atoms with Crippen LogP contribution in [0.15, 0.2) is 65.0 Å². The molecule has 0 aromatic heterocycles. The standard InChI is InChI=1S/C19H19FN4/c1-14(20)12-16-13-18(24-19(16)22-2)9-6-15-4-7-17(8-5-15)23-11-3-10-21/h3-5,7-8,10-14,21,23H,1-2H3,(H,22,24)/b11-3-,16-12-,21-10?. The number of aliphatic imine (C=N–C) groups is 1. The molecular weight excluding hydrogens is 303 g/mol. The summed E-state index contributed by atoms with van der Waals surface area (Å²) in [6.45, 7) is 1.48. The Labute approximate surface area is 141 Å². The SMILES string of the molecule is C/N=C1/NC(C#Cc2ccc(N/C=C\C=N)cc2)=C/C1=C/C(C)F. The molecule has 1 aliphatic rings. The second-order valence-corrected chi connectivity index (χ2v) is 5.05. The van der Waals surface area contributed by atoms with Gasteiger partial charge >= 0.3 is 0 Å². The highest BCUT2D eigenvalue weighted by Gasteiger charge is 2.14. The molecule has 0 saturated heterocycles. The molecule has 0 radical (unpaired) electrons. The minimum atomic E-state index is -1.04. The summed E-state index contributed by atoms with van der Waals surface area (Å²) in [6, 6.07) is 7.62. The van der Waals surface area contributed by atoms with Crippen LogP contribution in [0.25, 0.3) is 0 Å². The summed E-state index contributed by atoms with van der Waals surface area (Å²) in [7, 11) is 1.65. The first-order chi connectivity index (χ1) is 11.6. The first-order valence-electron chi connectivity index (χ1n) is 7.48. The highest BCUT2D eigenvalue weighted by Crippen LogP contribution is 2.14. The van der Waals surface area contributed by atoms with Gasteiger partial charge in [0.1, 0.15) is 12.0 Å². The zero-order valence-electron chi connectivity index (χ0n) is 13.6. The molecule has 1 aliphatic heterocycles. The van der Waals surface area contributed by atoms with Crippen molar-refractivity contribution < 1.29 is 4.39 Å². The lowest BCUT2D eigenvalue weighted by Gasteiger charge is -2.00. The van der Waals surface area contributed by atoms with Crippen molar-refractivity contribution in [2.24, 2.45) is 4.99 Å². The van der Waals surface area contributed by atoms with Gasteiger partial charge in [-0.25, -0.2) is 4.39 Å². The van der Waals surface area contributed by atoms with E-state index in [4.69, 9.17) is 5.41 Å². The third-order valence-corrected chi connectivity index (χ3v) is 3.13. The Hall–Kier alpha value is -3.13. The van der Waals surface area contributed by atoms with E-state index in [1.54, 1.807) is 25.4 Å². The average molecular weight is 322 g/mol. The lowest BCUT2D eigenvalue weighted by Crippen LogP contribution is -2.17. The summed E-state index contributed by atoms with van der Waals surface area (Å²) in [5.74, 6) is 6.72. The first kappa shape index (κ1) is 17.2. The fourth-order valence-corrected chi connectivity index (χ4v) is 2.07. The molecule has 1 atom stereocenters. The Morgan fingerprint density at radius 2 is 2.04 bits per heavy atom. The van der Waals surface area contributed by atoms with E-state index in [9.17, 15) is 4.39 Å². The second kappa shape index (κ2) is 8.49. The third-order valence-electron chi connectivity index (χ3n) is 3.13. The molecule has 1 heterocycles. The number of alkyl halides is 1. The number of benzene rings is 1. The van der Waals surface area contributed by atoms with E-state index < -0.39 is 6.17 Å². The molecule has 0 bridgehead atoms. The van der Waals surface area contributed by atoms with E-state index in [1.165, 1.54) is 19.2 Å². The Balaban J connectivity index is 2.10. The van der Waals surface area contributed by atoms with E-state index in [-0.39, 0.29) is 0 Å². The van der Waals surface area contributed by atoms with Crippen molar-refractivity contribution in [1.82, 2.24) is 5.32 Å². The van der Waals surface area contributed by atoms with E-state index in [1.807, 2.05) is 24.3 Å². The maximum atomic E-state index is 13.1. The van der Waals surface area contributed by atoms with Gasteiger partial charge in [-0.3, -0.25) is 4.99 Å². The Kier molecular flexibility index (Phi) is 6.09. The van der Waals surface area contributed by atoms with Crippen LogP contribution in [0.3, 0.4) is 0 Å². The van der Waals surface area contributed by atoms with Crippen molar-refractivity contribution in [3.63, 3.8) is 0 Å². The number of hydrogen-bond acceptors (Lipinski definition) is 3. The molecule has 122 valence electrons. The minimum absolute atomic E-state index is 0.626. The molecule has 2 rings (SSSR count). The zero-order valence-corrected chi connectivity index (χ0v) is 13.6. The number of allylic oxidation sites excluding steroid dienone is 3. The number of hydrogen-bond donors (Lipinski definition) is 3. The highest BCUT2D eigenvalue weighted by atomic mass is 19.1. The molecule has 5 heteroatoms. The van der Waals surface area contributed by atoms with E-state index in [0.717, 1.165) is 11.3 Å². The molecule has 1 aromatic rings. The number of nitrogens with one attached hydrogen (secondary N) is 3. The fourth-order valence-electron chi connectivity index (χ4n) is 2.07. The molecule has 1 aromatic carbocycles. The summed E-state index contributed by atoms with van der Waals surface area (Å²) in [6.07, 6.45) is 6.75. The summed E-state index contributed by atoms with van der Waals surface area (Å²) in [5.41, 5.74) is 3.19. The van der Waals surface area contributed by atoms with Crippen LogP contribution in [0.2, 0.25) is 0 Å². The van der Waals surface area contributed by atoms with Gasteiger partial charge in [-0.1, -0.05) is 5.92 Å². The second-order valence-electron chi connectivity index (χ2n) is 5.05. The van der Waals surface area contributed by atoms with Crippen LogP contribution in [0.5, 0.6) is 0 Å². The van der Waals surface area contributed by atoms with Gasteiger partial charge in [0.25, 0.3) is 0 Å². The average Bonchev–Trinajstić information content (AvgIpc) is 2.95. The van der Waals surface area contributed by atoms with Crippen molar-refractivity contribution in [1.29, 1.82) is 5.41 Å². The molecule has 0 amide bonds. The van der Waals surface area contributed by atoms with Crippen LogP contribution >= 0.6 is 0 Å². The Morgan fingerprint density at radius 3 is 2.67 bits per heavy atom. The topological polar surface area (TPSA) is 60.3 Å². The van der Waals surface area contributed by atoms with Crippen molar-refractivity contribution >= 4 is 17.7 Å². The Bertz CT molecular complexity index is 772. The molecule has 0 saturated carbocycles. The van der Waals surface area contributed by atoms with Gasteiger partial charge in [-0.2, -0.15) is 0 Å². The van der Waals surface area contributed by atoms with Gasteiger partial charge in [0.05, 0.1) is 5.70 Å².